The second-order valence-corrected chi connectivity index (χ2v) is 9.07. The lowest BCUT2D eigenvalue weighted by Crippen LogP contribution is -2.53. The second kappa shape index (κ2) is 9.10. The highest BCUT2D eigenvalue weighted by Gasteiger charge is 2.33. The molecule has 184 valence electrons. The molecule has 10 heteroatoms. The minimum absolute atomic E-state index is 0.0561. The van der Waals surface area contributed by atoms with Crippen LogP contribution in [0.15, 0.2) is 30.6 Å². The molecule has 2 aliphatic heterocycles. The first-order valence-electron chi connectivity index (χ1n) is 11.5. The van der Waals surface area contributed by atoms with E-state index in [1.807, 2.05) is 50.1 Å². The van der Waals surface area contributed by atoms with Gasteiger partial charge in [-0.3, -0.25) is 9.69 Å². The number of hydrogen-bond acceptors (Lipinski definition) is 9. The van der Waals surface area contributed by atoms with Crippen LogP contribution in [0.5, 0.6) is 23.0 Å². The van der Waals surface area contributed by atoms with Gasteiger partial charge in [-0.25, -0.2) is 9.97 Å². The smallest absolute Gasteiger partial charge is 0.239 e. The highest BCUT2D eigenvalue weighted by molar-refractivity contribution is 5.94. The number of carbonyl (C=O) groups is 1. The summed E-state index contributed by atoms with van der Waals surface area (Å²) in [6.07, 6.45) is 2.15. The third-order valence-corrected chi connectivity index (χ3v) is 6.57. The molecule has 0 unspecified atom stereocenters. The molecule has 1 amide bonds. The first-order valence-corrected chi connectivity index (χ1v) is 11.5. The van der Waals surface area contributed by atoms with Crippen LogP contribution in [0.1, 0.15) is 25.8 Å². The highest BCUT2D eigenvalue weighted by Crippen LogP contribution is 2.44. The number of benzene rings is 2. The average Bonchev–Trinajstić information content (AvgIpc) is 3.33. The Morgan fingerprint density at radius 1 is 1.11 bits per heavy atom. The lowest BCUT2D eigenvalue weighted by atomic mass is 10.00. The van der Waals surface area contributed by atoms with Crippen LogP contribution in [0, 0.1) is 0 Å². The van der Waals surface area contributed by atoms with Crippen molar-refractivity contribution in [3.8, 4) is 23.0 Å². The number of aromatic nitrogens is 2. The quantitative estimate of drug-likeness (QED) is 0.544. The summed E-state index contributed by atoms with van der Waals surface area (Å²) in [5.74, 6) is 2.95. The summed E-state index contributed by atoms with van der Waals surface area (Å²) >= 11 is 0. The largest absolute Gasteiger partial charge is 0.493 e. The minimum atomic E-state index is -0.749. The summed E-state index contributed by atoms with van der Waals surface area (Å²) in [7, 11) is 3.52. The van der Waals surface area contributed by atoms with Crippen molar-refractivity contribution in [3.63, 3.8) is 0 Å². The molecule has 2 aliphatic rings. The van der Waals surface area contributed by atoms with Crippen molar-refractivity contribution in [2.75, 3.05) is 39.4 Å². The Labute approximate surface area is 203 Å². The maximum atomic E-state index is 13.0. The molecule has 0 radical (unpaired) electrons. The van der Waals surface area contributed by atoms with Crippen molar-refractivity contribution in [1.82, 2.24) is 20.2 Å². The van der Waals surface area contributed by atoms with Crippen LogP contribution < -0.4 is 29.6 Å². The van der Waals surface area contributed by atoms with Crippen LogP contribution in [0.4, 0.5) is 11.5 Å². The van der Waals surface area contributed by atoms with E-state index in [1.165, 1.54) is 6.33 Å². The summed E-state index contributed by atoms with van der Waals surface area (Å²) in [5, 5.41) is 7.26. The molecule has 0 fully saturated rings. The number of fused-ring (bicyclic) bond motifs is 4. The third kappa shape index (κ3) is 4.25. The molecule has 2 bridgehead atoms. The van der Waals surface area contributed by atoms with E-state index in [0.717, 1.165) is 16.6 Å². The molecule has 2 aromatic carbocycles. The molecular formula is C25H29N5O5. The number of hydrogen-bond donors (Lipinski definition) is 2. The molecule has 0 saturated carbocycles. The highest BCUT2D eigenvalue weighted by atomic mass is 16.7. The number of methoxy groups -OCH3 is 1. The van der Waals surface area contributed by atoms with E-state index in [1.54, 1.807) is 7.11 Å². The Morgan fingerprint density at radius 3 is 2.80 bits per heavy atom. The van der Waals surface area contributed by atoms with Gasteiger partial charge in [0, 0.05) is 24.5 Å². The molecule has 0 saturated heterocycles. The SMILES string of the molecule is COc1cc2ncnc3c2cc1OCCCNC(=O)C(C)(C)N(C)Cc1ccc2c(c1N3)OCO2. The van der Waals surface area contributed by atoms with Crippen molar-refractivity contribution in [3.05, 3.63) is 36.2 Å². The minimum Gasteiger partial charge on any atom is -0.493 e. The van der Waals surface area contributed by atoms with Crippen LogP contribution >= 0.6 is 0 Å². The fourth-order valence-corrected chi connectivity index (χ4v) is 4.14. The molecule has 5 rings (SSSR count). The summed E-state index contributed by atoms with van der Waals surface area (Å²) in [6, 6.07) is 7.56. The molecule has 0 atom stereocenters. The summed E-state index contributed by atoms with van der Waals surface area (Å²) in [4.78, 5) is 24.0. The molecule has 10 nitrogen and oxygen atoms in total. The Hall–Kier alpha value is -3.79. The molecule has 0 spiro atoms. The summed E-state index contributed by atoms with van der Waals surface area (Å²) in [5.41, 5.74) is 1.63. The van der Waals surface area contributed by atoms with E-state index >= 15 is 0 Å². The average molecular weight is 480 g/mol. The van der Waals surface area contributed by atoms with E-state index in [2.05, 4.69) is 20.6 Å². The third-order valence-electron chi connectivity index (χ3n) is 6.57. The van der Waals surface area contributed by atoms with Gasteiger partial charge in [0.2, 0.25) is 12.7 Å². The Balaban J connectivity index is 1.65. The predicted octanol–water partition coefficient (Wildman–Crippen LogP) is 3.22. The van der Waals surface area contributed by atoms with Gasteiger partial charge in [-0.05, 0) is 45.0 Å². The first kappa shape index (κ1) is 23.0. The maximum Gasteiger partial charge on any atom is 0.239 e. The van der Waals surface area contributed by atoms with E-state index in [0.29, 0.717) is 60.4 Å². The topological polar surface area (TPSA) is 107 Å². The van der Waals surface area contributed by atoms with Crippen LogP contribution in [0.2, 0.25) is 0 Å². The van der Waals surface area contributed by atoms with Gasteiger partial charge in [0.25, 0.3) is 0 Å². The number of nitrogens with zero attached hydrogens (tertiary/aromatic N) is 3. The molecule has 0 aliphatic carbocycles. The van der Waals surface area contributed by atoms with Crippen LogP contribution in [0.25, 0.3) is 10.9 Å². The molecule has 3 aromatic rings. The van der Waals surface area contributed by atoms with Gasteiger partial charge in [-0.2, -0.15) is 0 Å². The Kier molecular flexibility index (Phi) is 5.98. The Bertz CT molecular complexity index is 1280. The first-order chi connectivity index (χ1) is 16.9. The van der Waals surface area contributed by atoms with Crippen molar-refractivity contribution in [2.45, 2.75) is 32.4 Å². The van der Waals surface area contributed by atoms with E-state index in [-0.39, 0.29) is 12.7 Å². The summed E-state index contributed by atoms with van der Waals surface area (Å²) in [6.45, 7) is 5.35. The number of carbonyl (C=O) groups excluding carboxylic acids is 1. The lowest BCUT2D eigenvalue weighted by Gasteiger charge is -2.34. The maximum absolute atomic E-state index is 13.0. The zero-order valence-electron chi connectivity index (χ0n) is 20.3. The fourth-order valence-electron chi connectivity index (χ4n) is 4.14. The predicted molar refractivity (Wildman–Crippen MR) is 131 cm³/mol. The fraction of sp³-hybridized carbons (Fsp3) is 0.400. The number of anilines is 2. The van der Waals surface area contributed by atoms with Gasteiger partial charge < -0.3 is 29.6 Å². The normalized spacial score (nSPS) is 17.9. The van der Waals surface area contributed by atoms with Crippen molar-refractivity contribution in [1.29, 1.82) is 0 Å². The van der Waals surface area contributed by atoms with Gasteiger partial charge in [-0.1, -0.05) is 6.07 Å². The number of rotatable bonds is 1. The van der Waals surface area contributed by atoms with Crippen molar-refractivity contribution < 1.29 is 23.7 Å². The van der Waals surface area contributed by atoms with Crippen LogP contribution in [-0.4, -0.2) is 60.4 Å². The Morgan fingerprint density at radius 2 is 1.97 bits per heavy atom. The standard InChI is InChI=1S/C25H29N5O5/c1-25(2)24(31)26-8-5-9-33-20-10-16-17(11-19(20)32-4)27-13-28-23(16)29-21-15(12-30(25)3)6-7-18-22(21)35-14-34-18/h6-7,10-11,13H,5,8-9,12,14H2,1-4H3,(H,26,31)(H,27,28,29). The van der Waals surface area contributed by atoms with Gasteiger partial charge in [0.15, 0.2) is 23.0 Å². The van der Waals surface area contributed by atoms with Crippen molar-refractivity contribution in [2.24, 2.45) is 0 Å². The number of amides is 1. The van der Waals surface area contributed by atoms with Gasteiger partial charge in [0.05, 0.1) is 30.5 Å². The van der Waals surface area contributed by atoms with Gasteiger partial charge in [0.1, 0.15) is 12.1 Å². The number of ether oxygens (including phenoxy) is 4. The molecule has 35 heavy (non-hydrogen) atoms. The zero-order chi connectivity index (χ0) is 24.6. The second-order valence-electron chi connectivity index (χ2n) is 9.07. The number of likely N-dealkylation sites (N-methyl/N-ethyl adjacent to an activating group) is 1. The molecule has 1 aromatic heterocycles. The van der Waals surface area contributed by atoms with Crippen LogP contribution in [0.3, 0.4) is 0 Å². The molecular weight excluding hydrogens is 450 g/mol. The van der Waals surface area contributed by atoms with Crippen LogP contribution in [-0.2, 0) is 11.3 Å². The monoisotopic (exact) mass is 479 g/mol. The van der Waals surface area contributed by atoms with Gasteiger partial charge >= 0.3 is 0 Å². The lowest BCUT2D eigenvalue weighted by molar-refractivity contribution is -0.131. The van der Waals surface area contributed by atoms with Crippen molar-refractivity contribution >= 4 is 28.3 Å². The molecule has 2 N–H and O–H groups in total. The van der Waals surface area contributed by atoms with E-state index in [9.17, 15) is 4.79 Å². The van der Waals surface area contributed by atoms with E-state index in [4.69, 9.17) is 18.9 Å². The zero-order valence-corrected chi connectivity index (χ0v) is 20.3. The van der Waals surface area contributed by atoms with Gasteiger partial charge in [-0.15, -0.1) is 0 Å². The number of nitrogens with one attached hydrogen (secondary N) is 2. The summed E-state index contributed by atoms with van der Waals surface area (Å²) < 4.78 is 23.0. The molecule has 3 heterocycles. The van der Waals surface area contributed by atoms with E-state index < -0.39 is 5.54 Å².